The molecular weight excluding hydrogens is 363 g/mol. The maximum absolute atomic E-state index is 12.5. The van der Waals surface area contributed by atoms with Crippen molar-refractivity contribution in [1.82, 2.24) is 4.98 Å². The van der Waals surface area contributed by atoms with E-state index in [1.165, 1.54) is 24.4 Å². The monoisotopic (exact) mass is 374 g/mol. The number of anilines is 1. The van der Waals surface area contributed by atoms with E-state index in [0.717, 1.165) is 0 Å². The summed E-state index contributed by atoms with van der Waals surface area (Å²) in [6, 6.07) is 4.44. The van der Waals surface area contributed by atoms with E-state index in [4.69, 9.17) is 32.7 Å². The first kappa shape index (κ1) is 16.2. The van der Waals surface area contributed by atoms with Crippen LogP contribution in [0.3, 0.4) is 0 Å². The zero-order valence-corrected chi connectivity index (χ0v) is 14.3. The van der Waals surface area contributed by atoms with Crippen LogP contribution in [0.25, 0.3) is 0 Å². The summed E-state index contributed by atoms with van der Waals surface area (Å²) in [5, 5.41) is 0.456. The van der Waals surface area contributed by atoms with E-state index in [9.17, 15) is 8.42 Å². The minimum Gasteiger partial charge on any atom is -0.486 e. The molecule has 9 heteroatoms. The van der Waals surface area contributed by atoms with E-state index >= 15 is 0 Å². The summed E-state index contributed by atoms with van der Waals surface area (Å²) >= 11 is 11.9. The number of nitrogens with zero attached hydrogens (tertiary/aromatic N) is 1. The predicted molar refractivity (Wildman–Crippen MR) is 87.2 cm³/mol. The summed E-state index contributed by atoms with van der Waals surface area (Å²) in [5.74, 6) is 0.914. The second-order valence-corrected chi connectivity index (χ2v) is 7.31. The molecule has 0 saturated carbocycles. The summed E-state index contributed by atoms with van der Waals surface area (Å²) in [6.07, 6.45) is 1.18. The topological polar surface area (TPSA) is 77.5 Å². The van der Waals surface area contributed by atoms with Crippen LogP contribution in [0, 0.1) is 6.92 Å². The van der Waals surface area contributed by atoms with Gasteiger partial charge in [-0.25, -0.2) is 13.4 Å². The Kier molecular flexibility index (Phi) is 4.27. The number of benzene rings is 1. The highest BCUT2D eigenvalue weighted by atomic mass is 35.5. The number of hydrogen-bond acceptors (Lipinski definition) is 5. The van der Waals surface area contributed by atoms with Gasteiger partial charge in [0.15, 0.2) is 11.5 Å². The molecule has 0 saturated heterocycles. The molecule has 1 N–H and O–H groups in total. The van der Waals surface area contributed by atoms with Gasteiger partial charge in [0.25, 0.3) is 10.0 Å². The van der Waals surface area contributed by atoms with E-state index in [-0.39, 0.29) is 20.8 Å². The van der Waals surface area contributed by atoms with Gasteiger partial charge in [0.1, 0.15) is 23.3 Å². The lowest BCUT2D eigenvalue weighted by Gasteiger charge is -2.20. The molecule has 0 fully saturated rings. The number of aromatic nitrogens is 1. The van der Waals surface area contributed by atoms with E-state index < -0.39 is 10.0 Å². The van der Waals surface area contributed by atoms with E-state index in [1.54, 1.807) is 6.92 Å². The number of ether oxygens (including phenoxy) is 2. The largest absolute Gasteiger partial charge is 0.486 e. The summed E-state index contributed by atoms with van der Waals surface area (Å²) in [5.41, 5.74) is 0.756. The Labute approximate surface area is 143 Å². The van der Waals surface area contributed by atoms with Gasteiger partial charge < -0.3 is 9.47 Å². The summed E-state index contributed by atoms with van der Waals surface area (Å²) < 4.78 is 38.2. The van der Waals surface area contributed by atoms with Crippen molar-refractivity contribution >= 4 is 38.9 Å². The number of fused-ring (bicyclic) bond motifs is 1. The Morgan fingerprint density at radius 3 is 2.43 bits per heavy atom. The number of hydrogen-bond donors (Lipinski definition) is 1. The minimum atomic E-state index is -3.85. The lowest BCUT2D eigenvalue weighted by Crippen LogP contribution is -2.17. The maximum atomic E-state index is 12.5. The molecule has 6 nitrogen and oxygen atoms in total. The van der Waals surface area contributed by atoms with Crippen LogP contribution in [0.5, 0.6) is 11.5 Å². The highest BCUT2D eigenvalue weighted by Crippen LogP contribution is 2.38. The average molecular weight is 375 g/mol. The normalized spacial score (nSPS) is 13.7. The Balaban J connectivity index is 1.95. The highest BCUT2D eigenvalue weighted by Gasteiger charge is 2.21. The first-order valence-electron chi connectivity index (χ1n) is 6.61. The Bertz CT molecular complexity index is 871. The molecular formula is C14H12Cl2N2O4S. The van der Waals surface area contributed by atoms with Gasteiger partial charge in [-0.3, -0.25) is 4.72 Å². The molecule has 0 atom stereocenters. The fourth-order valence-corrected chi connectivity index (χ4v) is 3.49. The molecule has 1 aromatic heterocycles. The van der Waals surface area contributed by atoms with Crippen molar-refractivity contribution in [2.45, 2.75) is 11.8 Å². The summed E-state index contributed by atoms with van der Waals surface area (Å²) in [6.45, 7) is 2.48. The molecule has 1 aromatic carbocycles. The van der Waals surface area contributed by atoms with Gasteiger partial charge >= 0.3 is 0 Å². The van der Waals surface area contributed by atoms with Crippen molar-refractivity contribution in [1.29, 1.82) is 0 Å². The number of aryl methyl sites for hydroxylation is 1. The van der Waals surface area contributed by atoms with E-state index in [1.807, 2.05) is 0 Å². The fraction of sp³-hybridized carbons (Fsp3) is 0.214. The molecule has 2 aromatic rings. The van der Waals surface area contributed by atoms with Crippen LogP contribution >= 0.6 is 23.2 Å². The van der Waals surface area contributed by atoms with Crippen molar-refractivity contribution in [3.05, 3.63) is 40.1 Å². The zero-order chi connectivity index (χ0) is 16.6. The van der Waals surface area contributed by atoms with Crippen LogP contribution in [0.4, 0.5) is 5.69 Å². The summed E-state index contributed by atoms with van der Waals surface area (Å²) in [7, 11) is -3.85. The molecule has 0 spiro atoms. The van der Waals surface area contributed by atoms with Gasteiger partial charge in [0.2, 0.25) is 0 Å². The quantitative estimate of drug-likeness (QED) is 0.834. The molecule has 1 aliphatic rings. The van der Waals surface area contributed by atoms with Crippen molar-refractivity contribution < 1.29 is 17.9 Å². The first-order chi connectivity index (χ1) is 10.9. The van der Waals surface area contributed by atoms with Gasteiger partial charge in [-0.15, -0.1) is 0 Å². The number of nitrogens with one attached hydrogen (secondary N) is 1. The van der Waals surface area contributed by atoms with E-state index in [2.05, 4.69) is 9.71 Å². The Morgan fingerprint density at radius 2 is 1.78 bits per heavy atom. The van der Waals surface area contributed by atoms with Gasteiger partial charge in [0, 0.05) is 18.3 Å². The van der Waals surface area contributed by atoms with Gasteiger partial charge in [-0.05, 0) is 18.6 Å². The molecule has 0 unspecified atom stereocenters. The third-order valence-corrected chi connectivity index (χ3v) is 5.22. The minimum absolute atomic E-state index is 0.00893. The second kappa shape index (κ2) is 6.07. The molecule has 0 bridgehead atoms. The SMILES string of the molecule is Cc1cc(S(=O)(=O)Nc2cc3c(cc2Cl)OCCO3)cnc1Cl. The van der Waals surface area contributed by atoms with Crippen LogP contribution in [0.2, 0.25) is 10.2 Å². The molecule has 0 amide bonds. The average Bonchev–Trinajstić information content (AvgIpc) is 2.50. The van der Waals surface area contributed by atoms with Crippen molar-refractivity contribution in [3.8, 4) is 11.5 Å². The third kappa shape index (κ3) is 3.31. The molecule has 0 aliphatic carbocycles. The molecule has 2 heterocycles. The standard InChI is InChI=1S/C14H12Cl2N2O4S/c1-8-4-9(7-17-14(8)16)23(19,20)18-11-6-13-12(5-10(11)15)21-2-3-22-13/h4-7,18H,2-3H2,1H3. The predicted octanol–water partition coefficient (Wildman–Crippen LogP) is 3.27. The van der Waals surface area contributed by atoms with Crippen molar-refractivity contribution in [2.75, 3.05) is 17.9 Å². The maximum Gasteiger partial charge on any atom is 0.263 e. The molecule has 23 heavy (non-hydrogen) atoms. The van der Waals surface area contributed by atoms with Crippen molar-refractivity contribution in [3.63, 3.8) is 0 Å². The van der Waals surface area contributed by atoms with Gasteiger partial charge in [-0.2, -0.15) is 0 Å². The number of rotatable bonds is 3. The lowest BCUT2D eigenvalue weighted by molar-refractivity contribution is 0.171. The van der Waals surface area contributed by atoms with Crippen LogP contribution in [0.15, 0.2) is 29.3 Å². The molecule has 1 aliphatic heterocycles. The Morgan fingerprint density at radius 1 is 1.13 bits per heavy atom. The molecule has 3 rings (SSSR count). The smallest absolute Gasteiger partial charge is 0.263 e. The van der Waals surface area contributed by atoms with Crippen LogP contribution in [-0.2, 0) is 10.0 Å². The molecule has 122 valence electrons. The fourth-order valence-electron chi connectivity index (χ4n) is 2.03. The Hall–Kier alpha value is -1.70. The number of sulfonamides is 1. The van der Waals surface area contributed by atoms with Gasteiger partial charge in [0.05, 0.1) is 10.7 Å². The zero-order valence-electron chi connectivity index (χ0n) is 12.0. The number of pyridine rings is 1. The van der Waals surface area contributed by atoms with Crippen LogP contribution in [0.1, 0.15) is 5.56 Å². The van der Waals surface area contributed by atoms with Crippen LogP contribution in [-0.4, -0.2) is 26.6 Å². The summed E-state index contributed by atoms with van der Waals surface area (Å²) in [4.78, 5) is 3.84. The highest BCUT2D eigenvalue weighted by molar-refractivity contribution is 7.92. The van der Waals surface area contributed by atoms with Gasteiger partial charge in [-0.1, -0.05) is 23.2 Å². The lowest BCUT2D eigenvalue weighted by atomic mass is 10.2. The third-order valence-electron chi connectivity index (χ3n) is 3.18. The molecule has 0 radical (unpaired) electrons. The number of halogens is 2. The second-order valence-electron chi connectivity index (χ2n) is 4.86. The van der Waals surface area contributed by atoms with Crippen molar-refractivity contribution in [2.24, 2.45) is 0 Å². The van der Waals surface area contributed by atoms with E-state index in [0.29, 0.717) is 30.3 Å². The van der Waals surface area contributed by atoms with Crippen LogP contribution < -0.4 is 14.2 Å². The first-order valence-corrected chi connectivity index (χ1v) is 8.85.